The van der Waals surface area contributed by atoms with Gasteiger partial charge in [-0.05, 0) is 50.1 Å². The highest BCUT2D eigenvalue weighted by atomic mass is 35.5. The van der Waals surface area contributed by atoms with Gasteiger partial charge in [0.1, 0.15) is 12.6 Å². The Kier molecular flexibility index (Phi) is 10.0. The summed E-state index contributed by atoms with van der Waals surface area (Å²) in [4.78, 5) is 29.1. The fraction of sp³-hybridized carbons (Fsp3) is 0.310. The van der Waals surface area contributed by atoms with E-state index in [2.05, 4.69) is 5.32 Å². The van der Waals surface area contributed by atoms with Crippen LogP contribution in [0.25, 0.3) is 0 Å². The minimum Gasteiger partial charge on any atom is -0.350 e. The van der Waals surface area contributed by atoms with Crippen molar-refractivity contribution in [2.24, 2.45) is 0 Å². The summed E-state index contributed by atoms with van der Waals surface area (Å²) in [5.74, 6) is -0.878. The molecule has 3 aromatic carbocycles. The number of carbonyl (C=O) groups is 2. The van der Waals surface area contributed by atoms with Gasteiger partial charge in [0.2, 0.25) is 21.8 Å². The first-order valence-electron chi connectivity index (χ1n) is 12.4. The molecule has 0 saturated carbocycles. The number of nitrogens with zero attached hydrogens (tertiary/aromatic N) is 2. The van der Waals surface area contributed by atoms with Crippen molar-refractivity contribution in [2.45, 2.75) is 45.3 Å². The Hall–Kier alpha value is -3.07. The number of nitrogens with one attached hydrogen (secondary N) is 1. The third-order valence-electron chi connectivity index (χ3n) is 5.84. The Morgan fingerprint density at radius 2 is 1.44 bits per heavy atom. The smallest absolute Gasteiger partial charge is 0.244 e. The van der Waals surface area contributed by atoms with Crippen LogP contribution >= 0.6 is 23.2 Å². The van der Waals surface area contributed by atoms with E-state index in [1.807, 2.05) is 81.4 Å². The predicted octanol–water partition coefficient (Wildman–Crippen LogP) is 5.31. The quantitative estimate of drug-likeness (QED) is 0.347. The molecule has 2 amide bonds. The second kappa shape index (κ2) is 12.9. The molecule has 3 aromatic rings. The summed E-state index contributed by atoms with van der Waals surface area (Å²) in [6.45, 7) is 5.17. The van der Waals surface area contributed by atoms with Crippen molar-refractivity contribution >= 4 is 50.7 Å². The van der Waals surface area contributed by atoms with Gasteiger partial charge in [-0.1, -0.05) is 83.9 Å². The second-order valence-electron chi connectivity index (χ2n) is 10.3. The van der Waals surface area contributed by atoms with Gasteiger partial charge in [-0.3, -0.25) is 13.9 Å². The maximum absolute atomic E-state index is 14.0. The molecule has 1 atom stereocenters. The lowest BCUT2D eigenvalue weighted by atomic mass is 10.0. The molecule has 0 heterocycles. The second-order valence-corrected chi connectivity index (χ2v) is 13.0. The van der Waals surface area contributed by atoms with E-state index < -0.39 is 34.1 Å². The zero-order valence-corrected chi connectivity index (χ0v) is 24.7. The molecule has 0 aliphatic carbocycles. The summed E-state index contributed by atoms with van der Waals surface area (Å²) < 4.78 is 26.6. The molecule has 1 unspecified atom stereocenters. The number of anilines is 1. The molecule has 0 aliphatic rings. The van der Waals surface area contributed by atoms with Crippen LogP contribution in [0.3, 0.4) is 0 Å². The molecular weight excluding hydrogens is 557 g/mol. The van der Waals surface area contributed by atoms with Gasteiger partial charge in [-0.15, -0.1) is 0 Å². The van der Waals surface area contributed by atoms with E-state index in [9.17, 15) is 18.0 Å². The Morgan fingerprint density at radius 1 is 0.872 bits per heavy atom. The van der Waals surface area contributed by atoms with Crippen LogP contribution in [-0.4, -0.2) is 49.5 Å². The SMILES string of the molecule is CC(C)(C)NC(=O)C(Cc1ccccc1)N(Cc1ccccc1)C(=O)CN(c1ccc(Cl)c(Cl)c1)S(C)(=O)=O. The summed E-state index contributed by atoms with van der Waals surface area (Å²) >= 11 is 12.2. The largest absolute Gasteiger partial charge is 0.350 e. The van der Waals surface area contributed by atoms with E-state index in [4.69, 9.17) is 23.2 Å². The normalized spacial score (nSPS) is 12.5. The highest BCUT2D eigenvalue weighted by Crippen LogP contribution is 2.29. The van der Waals surface area contributed by atoms with Gasteiger partial charge in [0.15, 0.2) is 0 Å². The van der Waals surface area contributed by atoms with Crippen LogP contribution in [0.5, 0.6) is 0 Å². The van der Waals surface area contributed by atoms with Crippen molar-refractivity contribution < 1.29 is 18.0 Å². The highest BCUT2D eigenvalue weighted by molar-refractivity contribution is 7.92. The zero-order valence-electron chi connectivity index (χ0n) is 22.4. The van der Waals surface area contributed by atoms with Gasteiger partial charge in [-0.2, -0.15) is 0 Å². The predicted molar refractivity (Wildman–Crippen MR) is 157 cm³/mol. The van der Waals surface area contributed by atoms with Crippen LogP contribution in [0.2, 0.25) is 10.0 Å². The zero-order chi connectivity index (χ0) is 28.8. The maximum Gasteiger partial charge on any atom is 0.244 e. The van der Waals surface area contributed by atoms with Gasteiger partial charge in [0, 0.05) is 18.5 Å². The van der Waals surface area contributed by atoms with Gasteiger partial charge in [0.25, 0.3) is 0 Å². The summed E-state index contributed by atoms with van der Waals surface area (Å²) in [5, 5.41) is 3.41. The van der Waals surface area contributed by atoms with E-state index in [-0.39, 0.29) is 34.6 Å². The fourth-order valence-electron chi connectivity index (χ4n) is 4.04. The van der Waals surface area contributed by atoms with Crippen LogP contribution in [0.15, 0.2) is 78.9 Å². The molecule has 10 heteroatoms. The number of halogens is 2. The average Bonchev–Trinajstić information content (AvgIpc) is 2.86. The van der Waals surface area contributed by atoms with E-state index in [0.29, 0.717) is 0 Å². The molecule has 0 spiro atoms. The van der Waals surface area contributed by atoms with E-state index >= 15 is 0 Å². The maximum atomic E-state index is 14.0. The monoisotopic (exact) mass is 589 g/mol. The number of carbonyl (C=O) groups excluding carboxylic acids is 2. The van der Waals surface area contributed by atoms with E-state index in [1.165, 1.54) is 23.1 Å². The van der Waals surface area contributed by atoms with Crippen molar-refractivity contribution in [3.63, 3.8) is 0 Å². The lowest BCUT2D eigenvalue weighted by Crippen LogP contribution is -2.56. The lowest BCUT2D eigenvalue weighted by molar-refractivity contribution is -0.140. The third kappa shape index (κ3) is 8.98. The molecule has 0 aromatic heterocycles. The van der Waals surface area contributed by atoms with Crippen LogP contribution in [-0.2, 0) is 32.6 Å². The summed E-state index contributed by atoms with van der Waals surface area (Å²) in [6.07, 6.45) is 1.26. The van der Waals surface area contributed by atoms with Crippen molar-refractivity contribution in [3.8, 4) is 0 Å². The number of hydrogen-bond donors (Lipinski definition) is 1. The molecule has 0 fully saturated rings. The molecule has 7 nitrogen and oxygen atoms in total. The Morgan fingerprint density at radius 3 is 1.95 bits per heavy atom. The minimum absolute atomic E-state index is 0.105. The molecule has 0 aliphatic heterocycles. The first-order valence-corrected chi connectivity index (χ1v) is 15.0. The standard InChI is InChI=1S/C29H33Cl2N3O4S/c1-29(2,3)32-28(36)26(17-21-11-7-5-8-12-21)33(19-22-13-9-6-10-14-22)27(35)20-34(39(4,37)38)23-15-16-24(30)25(31)18-23/h5-16,18,26H,17,19-20H2,1-4H3,(H,32,36). The van der Waals surface area contributed by atoms with E-state index in [1.54, 1.807) is 0 Å². The van der Waals surface area contributed by atoms with Crippen molar-refractivity contribution in [1.82, 2.24) is 10.2 Å². The lowest BCUT2D eigenvalue weighted by Gasteiger charge is -2.35. The van der Waals surface area contributed by atoms with Gasteiger partial charge < -0.3 is 10.2 Å². The Balaban J connectivity index is 2.06. The topological polar surface area (TPSA) is 86.8 Å². The van der Waals surface area contributed by atoms with Crippen molar-refractivity contribution in [3.05, 3.63) is 100 Å². The van der Waals surface area contributed by atoms with Gasteiger partial charge >= 0.3 is 0 Å². The van der Waals surface area contributed by atoms with Crippen LogP contribution < -0.4 is 9.62 Å². The first-order chi connectivity index (χ1) is 18.2. The molecular formula is C29H33Cl2N3O4S. The minimum atomic E-state index is -3.90. The first kappa shape index (κ1) is 30.5. The Labute approximate surface area is 240 Å². The van der Waals surface area contributed by atoms with Crippen LogP contribution in [0, 0.1) is 0 Å². The van der Waals surface area contributed by atoms with Crippen LogP contribution in [0.1, 0.15) is 31.9 Å². The third-order valence-corrected chi connectivity index (χ3v) is 7.72. The number of benzene rings is 3. The fourth-order valence-corrected chi connectivity index (χ4v) is 5.17. The molecule has 1 N–H and O–H groups in total. The number of amides is 2. The Bertz CT molecular complexity index is 1400. The number of sulfonamides is 1. The summed E-state index contributed by atoms with van der Waals surface area (Å²) in [5.41, 5.74) is 1.31. The molecule has 3 rings (SSSR count). The summed E-state index contributed by atoms with van der Waals surface area (Å²) in [6, 6.07) is 22.1. The molecule has 39 heavy (non-hydrogen) atoms. The summed E-state index contributed by atoms with van der Waals surface area (Å²) in [7, 11) is -3.90. The van der Waals surface area contributed by atoms with Crippen LogP contribution in [0.4, 0.5) is 5.69 Å². The van der Waals surface area contributed by atoms with Crippen molar-refractivity contribution in [1.29, 1.82) is 0 Å². The number of rotatable bonds is 10. The van der Waals surface area contributed by atoms with Crippen molar-refractivity contribution in [2.75, 3.05) is 17.1 Å². The van der Waals surface area contributed by atoms with E-state index in [0.717, 1.165) is 21.7 Å². The molecule has 0 saturated heterocycles. The molecule has 208 valence electrons. The van der Waals surface area contributed by atoms with Gasteiger partial charge in [-0.25, -0.2) is 8.42 Å². The van der Waals surface area contributed by atoms with Gasteiger partial charge in [0.05, 0.1) is 22.0 Å². The molecule has 0 radical (unpaired) electrons. The average molecular weight is 591 g/mol. The molecule has 0 bridgehead atoms. The highest BCUT2D eigenvalue weighted by Gasteiger charge is 2.34. The number of hydrogen-bond acceptors (Lipinski definition) is 4.